The Morgan fingerprint density at radius 2 is 2.00 bits per heavy atom. The maximum atomic E-state index is 12.8. The quantitative estimate of drug-likeness (QED) is 0.788. The molecule has 2 heterocycles. The molecule has 0 radical (unpaired) electrons. The number of hydrogen-bond donors (Lipinski definition) is 1. The number of benzene rings is 2. The number of para-hydroxylation sites is 1. The molecule has 3 heteroatoms. The fraction of sp³-hybridized carbons (Fsp3) is 0.250. The van der Waals surface area contributed by atoms with E-state index in [1.165, 1.54) is 11.1 Å². The number of aryl methyl sites for hydroxylation is 1. The molecule has 0 atom stereocenters. The number of H-pyrrole nitrogens is 1. The summed E-state index contributed by atoms with van der Waals surface area (Å²) in [6.07, 6.45) is 0.904. The van der Waals surface area contributed by atoms with Gasteiger partial charge in [0.2, 0.25) is 0 Å². The first-order chi connectivity index (χ1) is 11.2. The van der Waals surface area contributed by atoms with Crippen LogP contribution in [0, 0.1) is 6.92 Å². The molecule has 116 valence electrons. The lowest BCUT2D eigenvalue weighted by atomic mass is 10.0. The van der Waals surface area contributed by atoms with Crippen LogP contribution in [0.4, 0.5) is 0 Å². The van der Waals surface area contributed by atoms with Crippen molar-refractivity contribution in [1.82, 2.24) is 9.88 Å². The fourth-order valence-electron chi connectivity index (χ4n) is 3.48. The van der Waals surface area contributed by atoms with Crippen LogP contribution in [-0.4, -0.2) is 16.4 Å². The van der Waals surface area contributed by atoms with E-state index in [9.17, 15) is 4.79 Å². The molecular weight excluding hydrogens is 284 g/mol. The van der Waals surface area contributed by atoms with Crippen molar-refractivity contribution in [2.45, 2.75) is 26.4 Å². The van der Waals surface area contributed by atoms with Gasteiger partial charge in [0.05, 0.1) is 0 Å². The van der Waals surface area contributed by atoms with E-state index >= 15 is 0 Å². The van der Waals surface area contributed by atoms with Crippen molar-refractivity contribution in [3.8, 4) is 0 Å². The van der Waals surface area contributed by atoms with Gasteiger partial charge in [-0.25, -0.2) is 0 Å². The number of hydrogen-bond acceptors (Lipinski definition) is 2. The lowest BCUT2D eigenvalue weighted by Crippen LogP contribution is -2.34. The first kappa shape index (κ1) is 14.2. The van der Waals surface area contributed by atoms with E-state index in [2.05, 4.69) is 41.1 Å². The van der Waals surface area contributed by atoms with Gasteiger partial charge in [-0.2, -0.15) is 0 Å². The Morgan fingerprint density at radius 1 is 1.13 bits per heavy atom. The summed E-state index contributed by atoms with van der Waals surface area (Å²) < 4.78 is 0. The SMILES string of the molecule is Cc1cccc(CN2CCc3[nH]c4ccccc4c(=O)c3C2)c1. The summed E-state index contributed by atoms with van der Waals surface area (Å²) in [6, 6.07) is 16.4. The van der Waals surface area contributed by atoms with Crippen LogP contribution in [0.1, 0.15) is 22.4 Å². The Labute approximate surface area is 135 Å². The predicted octanol–water partition coefficient (Wildman–Crippen LogP) is 3.39. The number of nitrogens with one attached hydrogen (secondary N) is 1. The van der Waals surface area contributed by atoms with Crippen LogP contribution in [0.5, 0.6) is 0 Å². The maximum Gasteiger partial charge on any atom is 0.194 e. The minimum Gasteiger partial charge on any atom is -0.358 e. The van der Waals surface area contributed by atoms with Gasteiger partial charge in [-0.15, -0.1) is 0 Å². The molecule has 0 amide bonds. The van der Waals surface area contributed by atoms with E-state index in [1.54, 1.807) is 0 Å². The number of aromatic nitrogens is 1. The lowest BCUT2D eigenvalue weighted by Gasteiger charge is -2.28. The van der Waals surface area contributed by atoms with Gasteiger partial charge in [-0.3, -0.25) is 9.69 Å². The van der Waals surface area contributed by atoms with E-state index < -0.39 is 0 Å². The van der Waals surface area contributed by atoms with Crippen LogP contribution in [0.15, 0.2) is 53.3 Å². The summed E-state index contributed by atoms with van der Waals surface area (Å²) in [5.74, 6) is 0. The third-order valence-corrected chi connectivity index (χ3v) is 4.64. The average molecular weight is 304 g/mol. The first-order valence-electron chi connectivity index (χ1n) is 8.11. The maximum absolute atomic E-state index is 12.8. The van der Waals surface area contributed by atoms with Crippen LogP contribution >= 0.6 is 0 Å². The monoisotopic (exact) mass is 304 g/mol. The topological polar surface area (TPSA) is 36.1 Å². The van der Waals surface area contributed by atoms with Gasteiger partial charge in [0.25, 0.3) is 0 Å². The highest BCUT2D eigenvalue weighted by molar-refractivity contribution is 5.79. The van der Waals surface area contributed by atoms with E-state index in [1.807, 2.05) is 24.3 Å². The van der Waals surface area contributed by atoms with Crippen molar-refractivity contribution >= 4 is 10.9 Å². The zero-order chi connectivity index (χ0) is 15.8. The molecule has 23 heavy (non-hydrogen) atoms. The third-order valence-electron chi connectivity index (χ3n) is 4.64. The fourth-order valence-corrected chi connectivity index (χ4v) is 3.48. The number of fused-ring (bicyclic) bond motifs is 2. The molecule has 3 nitrogen and oxygen atoms in total. The van der Waals surface area contributed by atoms with Gasteiger partial charge < -0.3 is 4.98 Å². The molecule has 4 rings (SSSR count). The van der Waals surface area contributed by atoms with Crippen molar-refractivity contribution in [3.05, 3.63) is 81.1 Å². The van der Waals surface area contributed by atoms with Crippen molar-refractivity contribution in [1.29, 1.82) is 0 Å². The molecular formula is C20H20N2O. The predicted molar refractivity (Wildman–Crippen MR) is 93.6 cm³/mol. The number of nitrogens with zero attached hydrogens (tertiary/aromatic N) is 1. The zero-order valence-corrected chi connectivity index (χ0v) is 13.3. The highest BCUT2D eigenvalue weighted by Crippen LogP contribution is 2.20. The van der Waals surface area contributed by atoms with Gasteiger partial charge in [0.15, 0.2) is 5.43 Å². The summed E-state index contributed by atoms with van der Waals surface area (Å²) in [6.45, 7) is 4.72. The molecule has 0 fully saturated rings. The molecule has 1 aliphatic heterocycles. The lowest BCUT2D eigenvalue weighted by molar-refractivity contribution is 0.243. The summed E-state index contributed by atoms with van der Waals surface area (Å²) in [4.78, 5) is 18.6. The largest absolute Gasteiger partial charge is 0.358 e. The van der Waals surface area contributed by atoms with Gasteiger partial charge in [0.1, 0.15) is 0 Å². The molecule has 1 N–H and O–H groups in total. The van der Waals surface area contributed by atoms with Crippen LogP contribution < -0.4 is 5.43 Å². The molecule has 0 bridgehead atoms. The van der Waals surface area contributed by atoms with E-state index in [0.29, 0.717) is 0 Å². The third kappa shape index (κ3) is 2.68. The van der Waals surface area contributed by atoms with Gasteiger partial charge >= 0.3 is 0 Å². The molecule has 3 aromatic rings. The normalized spacial score (nSPS) is 14.8. The Hall–Kier alpha value is -2.39. The number of aromatic amines is 1. The molecule has 0 saturated heterocycles. The van der Waals surface area contributed by atoms with Crippen LogP contribution in [-0.2, 0) is 19.5 Å². The van der Waals surface area contributed by atoms with Crippen LogP contribution in [0.3, 0.4) is 0 Å². The molecule has 2 aromatic carbocycles. The Balaban J connectivity index is 1.66. The molecule has 1 aromatic heterocycles. The minimum absolute atomic E-state index is 0.184. The van der Waals surface area contributed by atoms with Crippen molar-refractivity contribution in [2.24, 2.45) is 0 Å². The van der Waals surface area contributed by atoms with Crippen molar-refractivity contribution < 1.29 is 0 Å². The second-order valence-corrected chi connectivity index (χ2v) is 6.41. The highest BCUT2D eigenvalue weighted by Gasteiger charge is 2.20. The van der Waals surface area contributed by atoms with Gasteiger partial charge in [-0.05, 0) is 24.6 Å². The minimum atomic E-state index is 0.184. The molecule has 0 saturated carbocycles. The molecule has 0 aliphatic carbocycles. The molecule has 1 aliphatic rings. The van der Waals surface area contributed by atoms with Crippen molar-refractivity contribution in [3.63, 3.8) is 0 Å². The summed E-state index contributed by atoms with van der Waals surface area (Å²) in [5, 5.41) is 0.795. The Bertz CT molecular complexity index is 926. The van der Waals surface area contributed by atoms with Gasteiger partial charge in [0, 0.05) is 48.2 Å². The number of rotatable bonds is 2. The van der Waals surface area contributed by atoms with E-state index in [4.69, 9.17) is 0 Å². The van der Waals surface area contributed by atoms with Crippen LogP contribution in [0.25, 0.3) is 10.9 Å². The summed E-state index contributed by atoms with van der Waals surface area (Å²) >= 11 is 0. The summed E-state index contributed by atoms with van der Waals surface area (Å²) in [5.41, 5.74) is 5.76. The highest BCUT2D eigenvalue weighted by atomic mass is 16.1. The number of pyridine rings is 1. The van der Waals surface area contributed by atoms with E-state index in [0.717, 1.165) is 48.2 Å². The molecule has 0 unspecified atom stereocenters. The Kier molecular flexibility index (Phi) is 3.50. The first-order valence-corrected chi connectivity index (χ1v) is 8.11. The van der Waals surface area contributed by atoms with Gasteiger partial charge in [-0.1, -0.05) is 42.0 Å². The second-order valence-electron chi connectivity index (χ2n) is 6.41. The van der Waals surface area contributed by atoms with E-state index in [-0.39, 0.29) is 5.43 Å². The average Bonchev–Trinajstić information content (AvgIpc) is 2.56. The van der Waals surface area contributed by atoms with Crippen molar-refractivity contribution in [2.75, 3.05) is 6.54 Å². The van der Waals surface area contributed by atoms with Crippen LogP contribution in [0.2, 0.25) is 0 Å². The Morgan fingerprint density at radius 3 is 2.87 bits per heavy atom. The molecule has 0 spiro atoms. The standard InChI is InChI=1S/C20H20N2O/c1-14-5-4-6-15(11-14)12-22-10-9-19-17(13-22)20(23)16-7-2-3-8-18(16)21-19/h2-8,11H,9-10,12-13H2,1H3,(H,21,23). The summed E-state index contributed by atoms with van der Waals surface area (Å²) in [7, 11) is 0. The smallest absolute Gasteiger partial charge is 0.194 e. The zero-order valence-electron chi connectivity index (χ0n) is 13.3. The second kappa shape index (κ2) is 5.67.